The van der Waals surface area contributed by atoms with Crippen molar-refractivity contribution >= 4 is 39.2 Å². The van der Waals surface area contributed by atoms with E-state index in [1.54, 1.807) is 4.90 Å². The number of hydrogen-bond donors (Lipinski definition) is 1. The fourth-order valence-electron chi connectivity index (χ4n) is 3.73. The highest BCUT2D eigenvalue weighted by molar-refractivity contribution is 9.10. The smallest absolute Gasteiger partial charge is 0.227 e. The van der Waals surface area contributed by atoms with E-state index in [-0.39, 0.29) is 30.7 Å². The van der Waals surface area contributed by atoms with E-state index in [1.807, 2.05) is 37.3 Å². The Hall–Kier alpha value is -2.52. The fourth-order valence-corrected chi connectivity index (χ4v) is 4.12. The van der Waals surface area contributed by atoms with Crippen LogP contribution in [0.15, 0.2) is 34.8 Å². The molecular weight excluding hydrogens is 450 g/mol. The molecular formula is C21H24BrN5O3. The third kappa shape index (κ3) is 4.79. The Morgan fingerprint density at radius 1 is 1.27 bits per heavy atom. The second-order valence-electron chi connectivity index (χ2n) is 7.49. The highest BCUT2D eigenvalue weighted by Gasteiger charge is 2.35. The van der Waals surface area contributed by atoms with Crippen LogP contribution >= 0.6 is 15.9 Å². The third-order valence-electron chi connectivity index (χ3n) is 5.26. The van der Waals surface area contributed by atoms with Gasteiger partial charge in [-0.3, -0.25) is 9.59 Å². The average molecular weight is 474 g/mol. The molecule has 9 heteroatoms. The summed E-state index contributed by atoms with van der Waals surface area (Å²) < 4.78 is 6.29. The van der Waals surface area contributed by atoms with Crippen LogP contribution in [0, 0.1) is 12.8 Å². The van der Waals surface area contributed by atoms with Gasteiger partial charge in [-0.15, -0.1) is 0 Å². The molecule has 0 saturated carbocycles. The molecule has 2 aliphatic rings. The quantitative estimate of drug-likeness (QED) is 0.714. The minimum Gasteiger partial charge on any atom is -0.378 e. The second-order valence-corrected chi connectivity index (χ2v) is 8.40. The van der Waals surface area contributed by atoms with Gasteiger partial charge in [-0.25, -0.2) is 9.97 Å². The first-order valence-corrected chi connectivity index (χ1v) is 10.8. The van der Waals surface area contributed by atoms with Crippen molar-refractivity contribution in [2.24, 2.45) is 5.92 Å². The van der Waals surface area contributed by atoms with E-state index in [0.717, 1.165) is 34.8 Å². The maximum Gasteiger partial charge on any atom is 0.227 e. The van der Waals surface area contributed by atoms with Gasteiger partial charge in [0, 0.05) is 48.0 Å². The predicted octanol–water partition coefficient (Wildman–Crippen LogP) is 2.05. The summed E-state index contributed by atoms with van der Waals surface area (Å²) in [4.78, 5) is 38.0. The van der Waals surface area contributed by atoms with E-state index in [1.165, 1.54) is 0 Å². The summed E-state index contributed by atoms with van der Waals surface area (Å²) in [5.74, 6) is 0.832. The zero-order chi connectivity index (χ0) is 21.1. The van der Waals surface area contributed by atoms with Gasteiger partial charge in [-0.2, -0.15) is 0 Å². The van der Waals surface area contributed by atoms with Gasteiger partial charge in [-0.1, -0.05) is 22.0 Å². The largest absolute Gasteiger partial charge is 0.378 e. The van der Waals surface area contributed by atoms with Gasteiger partial charge in [-0.05, 0) is 25.1 Å². The summed E-state index contributed by atoms with van der Waals surface area (Å²) in [5, 5.41) is 2.91. The molecule has 1 unspecified atom stereocenters. The number of nitrogens with zero attached hydrogens (tertiary/aromatic N) is 4. The number of ether oxygens (including phenoxy) is 1. The summed E-state index contributed by atoms with van der Waals surface area (Å²) in [7, 11) is 0. The zero-order valence-corrected chi connectivity index (χ0v) is 18.4. The molecule has 2 aromatic rings. The van der Waals surface area contributed by atoms with E-state index >= 15 is 0 Å². The molecule has 2 saturated heterocycles. The number of carbonyl (C=O) groups excluding carboxylic acids is 2. The minimum atomic E-state index is -0.389. The van der Waals surface area contributed by atoms with Gasteiger partial charge < -0.3 is 19.9 Å². The number of benzene rings is 1. The highest BCUT2D eigenvalue weighted by atomic mass is 79.9. The summed E-state index contributed by atoms with van der Waals surface area (Å²) in [6, 6.07) is 9.48. The Morgan fingerprint density at radius 2 is 2.07 bits per heavy atom. The predicted molar refractivity (Wildman–Crippen MR) is 116 cm³/mol. The number of carbonyl (C=O) groups is 2. The van der Waals surface area contributed by atoms with Crippen LogP contribution < -0.4 is 15.1 Å². The van der Waals surface area contributed by atoms with Crippen LogP contribution in [0.5, 0.6) is 0 Å². The molecule has 1 aromatic heterocycles. The van der Waals surface area contributed by atoms with E-state index in [0.29, 0.717) is 25.6 Å². The summed E-state index contributed by atoms with van der Waals surface area (Å²) >= 11 is 3.42. The molecule has 1 aromatic carbocycles. The molecule has 0 radical (unpaired) electrons. The van der Waals surface area contributed by atoms with Crippen molar-refractivity contribution in [3.63, 3.8) is 0 Å². The Balaban J connectivity index is 1.38. The molecule has 1 N–H and O–H groups in total. The van der Waals surface area contributed by atoms with Crippen LogP contribution in [0.2, 0.25) is 0 Å². The summed E-state index contributed by atoms with van der Waals surface area (Å²) in [5.41, 5.74) is 1.65. The number of halogens is 1. The summed E-state index contributed by atoms with van der Waals surface area (Å²) in [6.45, 7) is 5.46. The Morgan fingerprint density at radius 3 is 2.83 bits per heavy atom. The molecule has 2 aliphatic heterocycles. The van der Waals surface area contributed by atoms with Gasteiger partial charge in [0.05, 0.1) is 25.7 Å². The van der Waals surface area contributed by atoms with Crippen LogP contribution in [0.25, 0.3) is 0 Å². The number of hydrogen-bond acceptors (Lipinski definition) is 6. The maximum absolute atomic E-state index is 12.7. The lowest BCUT2D eigenvalue weighted by molar-refractivity contribution is -0.126. The molecule has 1 atom stereocenters. The van der Waals surface area contributed by atoms with E-state index in [2.05, 4.69) is 36.1 Å². The third-order valence-corrected chi connectivity index (χ3v) is 5.75. The monoisotopic (exact) mass is 473 g/mol. The Labute approximate surface area is 183 Å². The van der Waals surface area contributed by atoms with Crippen molar-refractivity contribution in [1.82, 2.24) is 15.3 Å². The highest BCUT2D eigenvalue weighted by Crippen LogP contribution is 2.27. The number of aromatic nitrogens is 2. The Bertz CT molecular complexity index is 948. The van der Waals surface area contributed by atoms with E-state index in [9.17, 15) is 9.59 Å². The van der Waals surface area contributed by atoms with Gasteiger partial charge in [0.15, 0.2) is 0 Å². The van der Waals surface area contributed by atoms with Crippen LogP contribution in [-0.2, 0) is 20.9 Å². The van der Waals surface area contributed by atoms with E-state index < -0.39 is 0 Å². The van der Waals surface area contributed by atoms with Crippen LogP contribution in [0.1, 0.15) is 17.9 Å². The first-order valence-electron chi connectivity index (χ1n) is 10.0. The number of morpholine rings is 1. The fraction of sp³-hybridized carbons (Fsp3) is 0.429. The van der Waals surface area contributed by atoms with Gasteiger partial charge in [0.25, 0.3) is 0 Å². The summed E-state index contributed by atoms with van der Waals surface area (Å²) in [6.07, 6.45) is 0.200. The molecule has 8 nitrogen and oxygen atoms in total. The normalized spacial score (nSPS) is 19.3. The van der Waals surface area contributed by atoms with Gasteiger partial charge in [0.1, 0.15) is 11.6 Å². The zero-order valence-electron chi connectivity index (χ0n) is 16.8. The lowest BCUT2D eigenvalue weighted by Gasteiger charge is -2.28. The number of anilines is 2. The molecule has 0 bridgehead atoms. The molecule has 3 heterocycles. The SMILES string of the molecule is Cc1cc(N2CCOCC2)nc(CNC(=O)C2CC(=O)N(c3cccc(Br)c3)C2)n1. The van der Waals surface area contributed by atoms with Crippen molar-refractivity contribution < 1.29 is 14.3 Å². The van der Waals surface area contributed by atoms with Crippen molar-refractivity contribution in [2.45, 2.75) is 19.9 Å². The maximum atomic E-state index is 12.7. The molecule has 30 heavy (non-hydrogen) atoms. The van der Waals surface area contributed by atoms with Gasteiger partial charge >= 0.3 is 0 Å². The van der Waals surface area contributed by atoms with Crippen molar-refractivity contribution in [1.29, 1.82) is 0 Å². The van der Waals surface area contributed by atoms with E-state index in [4.69, 9.17) is 4.74 Å². The van der Waals surface area contributed by atoms with Gasteiger partial charge in [0.2, 0.25) is 11.8 Å². The molecule has 2 amide bonds. The first-order chi connectivity index (χ1) is 14.5. The number of amides is 2. The minimum absolute atomic E-state index is 0.0466. The number of rotatable bonds is 5. The van der Waals surface area contributed by atoms with Crippen molar-refractivity contribution in [2.75, 3.05) is 42.6 Å². The number of nitrogens with one attached hydrogen (secondary N) is 1. The molecule has 0 spiro atoms. The lowest BCUT2D eigenvalue weighted by Crippen LogP contribution is -2.37. The lowest BCUT2D eigenvalue weighted by atomic mass is 10.1. The van der Waals surface area contributed by atoms with Crippen molar-refractivity contribution in [3.05, 3.63) is 46.3 Å². The second kappa shape index (κ2) is 9.09. The molecule has 158 valence electrons. The van der Waals surface area contributed by atoms with Crippen molar-refractivity contribution in [3.8, 4) is 0 Å². The molecule has 0 aliphatic carbocycles. The standard InChI is InChI=1S/C21H24BrN5O3/c1-14-9-19(26-5-7-30-8-6-26)25-18(24-14)12-23-21(29)15-10-20(28)27(13-15)17-4-2-3-16(22)11-17/h2-4,9,11,15H,5-8,10,12-13H2,1H3,(H,23,29). The van der Waals surface area contributed by atoms with Crippen LogP contribution in [-0.4, -0.2) is 54.6 Å². The Kier molecular flexibility index (Phi) is 6.29. The molecule has 4 rings (SSSR count). The topological polar surface area (TPSA) is 87.7 Å². The number of aryl methyl sites for hydroxylation is 1. The van der Waals surface area contributed by atoms with Crippen LogP contribution in [0.3, 0.4) is 0 Å². The average Bonchev–Trinajstić information content (AvgIpc) is 3.14. The first kappa shape index (κ1) is 20.7. The van der Waals surface area contributed by atoms with Crippen LogP contribution in [0.4, 0.5) is 11.5 Å². The molecule has 2 fully saturated rings.